The Bertz CT molecular complexity index is 529. The fourth-order valence-electron chi connectivity index (χ4n) is 1.63. The average molecular weight is 307 g/mol. The molecule has 6 heteroatoms. The Morgan fingerprint density at radius 1 is 1.14 bits per heavy atom. The minimum absolute atomic E-state index is 0.0556. The van der Waals surface area contributed by atoms with E-state index < -0.39 is 0 Å². The molecule has 0 fully saturated rings. The molecule has 3 N–H and O–H groups in total. The predicted octanol–water partition coefficient (Wildman–Crippen LogP) is 2.89. The van der Waals surface area contributed by atoms with E-state index in [0.717, 1.165) is 0 Å². The van der Waals surface area contributed by atoms with Crippen molar-refractivity contribution in [3.8, 4) is 0 Å². The van der Waals surface area contributed by atoms with Gasteiger partial charge < -0.3 is 16.0 Å². The number of thiocarbonyl (C=S) groups is 1. The van der Waals surface area contributed by atoms with Crippen molar-refractivity contribution >= 4 is 40.5 Å². The van der Waals surface area contributed by atoms with Crippen LogP contribution in [0.5, 0.6) is 0 Å². The lowest BCUT2D eigenvalue weighted by Gasteiger charge is -2.12. The number of nitrogens with one attached hydrogen (secondary N) is 3. The van der Waals surface area contributed by atoms with Crippen LogP contribution in [0.3, 0.4) is 0 Å². The van der Waals surface area contributed by atoms with Crippen LogP contribution < -0.4 is 16.0 Å². The molecule has 1 rings (SSSR count). The molecule has 0 saturated carbocycles. The molecule has 0 unspecified atom stereocenters. The Kier molecular flexibility index (Phi) is 6.81. The first-order chi connectivity index (χ1) is 9.90. The Hall–Kier alpha value is -1.95. The van der Waals surface area contributed by atoms with Crippen LogP contribution in [0.4, 0.5) is 11.4 Å². The molecule has 2 amide bonds. The van der Waals surface area contributed by atoms with Crippen molar-refractivity contribution in [2.24, 2.45) is 5.92 Å². The van der Waals surface area contributed by atoms with E-state index in [-0.39, 0.29) is 22.8 Å². The lowest BCUT2D eigenvalue weighted by Crippen LogP contribution is -2.34. The summed E-state index contributed by atoms with van der Waals surface area (Å²) in [4.78, 5) is 23.0. The highest BCUT2D eigenvalue weighted by molar-refractivity contribution is 7.80. The van der Waals surface area contributed by atoms with Gasteiger partial charge in [-0.3, -0.25) is 9.59 Å². The second-order valence-electron chi connectivity index (χ2n) is 5.08. The van der Waals surface area contributed by atoms with E-state index in [1.165, 1.54) is 0 Å². The summed E-state index contributed by atoms with van der Waals surface area (Å²) in [5.74, 6) is 0.110. The van der Waals surface area contributed by atoms with Gasteiger partial charge in [0.15, 0.2) is 5.11 Å². The van der Waals surface area contributed by atoms with Crippen molar-refractivity contribution in [3.05, 3.63) is 24.3 Å². The number of carbonyl (C=O) groups excluding carboxylic acids is 2. The quantitative estimate of drug-likeness (QED) is 0.732. The standard InChI is InChI=1S/C15H21N3O2S/c1-4-13(19)16-11-6-5-7-12(9-11)17-15(21)18-14(20)8-10(2)3/h5-7,9-10H,4,8H2,1-3H3,(H,16,19)(H2,17,18,20,21). The smallest absolute Gasteiger partial charge is 0.226 e. The molecule has 0 aliphatic heterocycles. The van der Waals surface area contributed by atoms with Gasteiger partial charge in [0.2, 0.25) is 11.8 Å². The monoisotopic (exact) mass is 307 g/mol. The van der Waals surface area contributed by atoms with Crippen LogP contribution in [0.2, 0.25) is 0 Å². The molecular weight excluding hydrogens is 286 g/mol. The number of rotatable bonds is 5. The van der Waals surface area contributed by atoms with E-state index >= 15 is 0 Å². The van der Waals surface area contributed by atoms with Gasteiger partial charge in [-0.05, 0) is 36.3 Å². The third kappa shape index (κ3) is 6.85. The summed E-state index contributed by atoms with van der Waals surface area (Å²) in [5, 5.41) is 8.56. The van der Waals surface area contributed by atoms with Gasteiger partial charge in [-0.1, -0.05) is 26.8 Å². The van der Waals surface area contributed by atoms with Gasteiger partial charge >= 0.3 is 0 Å². The molecule has 0 spiro atoms. The van der Waals surface area contributed by atoms with E-state index in [2.05, 4.69) is 16.0 Å². The minimum Gasteiger partial charge on any atom is -0.332 e. The molecule has 21 heavy (non-hydrogen) atoms. The zero-order valence-corrected chi connectivity index (χ0v) is 13.3. The Morgan fingerprint density at radius 3 is 2.33 bits per heavy atom. The van der Waals surface area contributed by atoms with Crippen molar-refractivity contribution in [2.75, 3.05) is 10.6 Å². The number of amides is 2. The van der Waals surface area contributed by atoms with Crippen LogP contribution >= 0.6 is 12.2 Å². The van der Waals surface area contributed by atoms with E-state index in [1.54, 1.807) is 25.1 Å². The van der Waals surface area contributed by atoms with E-state index in [0.29, 0.717) is 24.2 Å². The second kappa shape index (κ2) is 8.36. The van der Waals surface area contributed by atoms with E-state index in [4.69, 9.17) is 12.2 Å². The Morgan fingerprint density at radius 2 is 1.76 bits per heavy atom. The minimum atomic E-state index is -0.113. The second-order valence-corrected chi connectivity index (χ2v) is 5.49. The first-order valence-electron chi connectivity index (χ1n) is 6.91. The van der Waals surface area contributed by atoms with Gasteiger partial charge in [-0.15, -0.1) is 0 Å². The molecule has 1 aromatic carbocycles. The molecule has 0 aromatic heterocycles. The van der Waals surface area contributed by atoms with Crippen molar-refractivity contribution in [3.63, 3.8) is 0 Å². The fraction of sp³-hybridized carbons (Fsp3) is 0.400. The maximum atomic E-state index is 11.6. The van der Waals surface area contributed by atoms with Crippen LogP contribution in [-0.2, 0) is 9.59 Å². The number of benzene rings is 1. The number of anilines is 2. The summed E-state index contributed by atoms with van der Waals surface area (Å²) in [6.07, 6.45) is 0.843. The van der Waals surface area contributed by atoms with Gasteiger partial charge in [-0.2, -0.15) is 0 Å². The molecule has 0 atom stereocenters. The van der Waals surface area contributed by atoms with Crippen LogP contribution in [0, 0.1) is 5.92 Å². The van der Waals surface area contributed by atoms with Gasteiger partial charge in [0.25, 0.3) is 0 Å². The zero-order valence-electron chi connectivity index (χ0n) is 12.5. The van der Waals surface area contributed by atoms with Gasteiger partial charge in [0.1, 0.15) is 0 Å². The summed E-state index contributed by atoms with van der Waals surface area (Å²) >= 11 is 5.09. The lowest BCUT2D eigenvalue weighted by atomic mass is 10.1. The molecule has 1 aromatic rings. The maximum Gasteiger partial charge on any atom is 0.226 e. The summed E-state index contributed by atoms with van der Waals surface area (Å²) < 4.78 is 0. The van der Waals surface area contributed by atoms with Crippen LogP contribution in [-0.4, -0.2) is 16.9 Å². The fourth-order valence-corrected chi connectivity index (χ4v) is 1.87. The summed E-state index contributed by atoms with van der Waals surface area (Å²) in [5.41, 5.74) is 1.39. The number of carbonyl (C=O) groups is 2. The molecule has 114 valence electrons. The van der Waals surface area contributed by atoms with E-state index in [1.807, 2.05) is 19.9 Å². The molecular formula is C15H21N3O2S. The highest BCUT2D eigenvalue weighted by Gasteiger charge is 2.07. The maximum absolute atomic E-state index is 11.6. The van der Waals surface area contributed by atoms with Crippen molar-refractivity contribution < 1.29 is 9.59 Å². The Balaban J connectivity index is 2.58. The summed E-state index contributed by atoms with van der Waals surface area (Å²) in [6.45, 7) is 5.72. The van der Waals surface area contributed by atoms with Gasteiger partial charge in [-0.25, -0.2) is 0 Å². The number of hydrogen-bond donors (Lipinski definition) is 3. The Labute approximate surface area is 130 Å². The normalized spacial score (nSPS) is 10.1. The van der Waals surface area contributed by atoms with Gasteiger partial charge in [0.05, 0.1) is 0 Å². The molecule has 0 saturated heterocycles. The summed E-state index contributed by atoms with van der Waals surface area (Å²) in [6, 6.07) is 7.16. The largest absolute Gasteiger partial charge is 0.332 e. The first-order valence-corrected chi connectivity index (χ1v) is 7.32. The SMILES string of the molecule is CCC(=O)Nc1cccc(NC(=S)NC(=O)CC(C)C)c1. The predicted molar refractivity (Wildman–Crippen MR) is 89.2 cm³/mol. The third-order valence-corrected chi connectivity index (χ3v) is 2.78. The average Bonchev–Trinajstić information content (AvgIpc) is 2.37. The molecule has 0 radical (unpaired) electrons. The molecule has 0 bridgehead atoms. The van der Waals surface area contributed by atoms with Crippen LogP contribution in [0.15, 0.2) is 24.3 Å². The topological polar surface area (TPSA) is 70.2 Å². The molecule has 5 nitrogen and oxygen atoms in total. The van der Waals surface area contributed by atoms with Crippen molar-refractivity contribution in [1.82, 2.24) is 5.32 Å². The van der Waals surface area contributed by atoms with Gasteiger partial charge in [0, 0.05) is 24.2 Å². The van der Waals surface area contributed by atoms with Crippen molar-refractivity contribution in [1.29, 1.82) is 0 Å². The lowest BCUT2D eigenvalue weighted by molar-refractivity contribution is -0.120. The highest BCUT2D eigenvalue weighted by Crippen LogP contribution is 2.15. The third-order valence-electron chi connectivity index (χ3n) is 2.57. The molecule has 0 aliphatic rings. The molecule has 0 heterocycles. The first kappa shape index (κ1) is 17.1. The van der Waals surface area contributed by atoms with E-state index in [9.17, 15) is 9.59 Å². The number of hydrogen-bond acceptors (Lipinski definition) is 3. The zero-order chi connectivity index (χ0) is 15.8. The van der Waals surface area contributed by atoms with Crippen LogP contribution in [0.25, 0.3) is 0 Å². The highest BCUT2D eigenvalue weighted by atomic mass is 32.1. The molecule has 0 aliphatic carbocycles. The van der Waals surface area contributed by atoms with Crippen molar-refractivity contribution in [2.45, 2.75) is 33.6 Å². The summed E-state index contributed by atoms with van der Waals surface area (Å²) in [7, 11) is 0. The van der Waals surface area contributed by atoms with Crippen LogP contribution in [0.1, 0.15) is 33.6 Å².